The molecule has 1 saturated heterocycles. The van der Waals surface area contributed by atoms with Crippen molar-refractivity contribution in [3.8, 4) is 6.01 Å². The van der Waals surface area contributed by atoms with Crippen LogP contribution in [0.3, 0.4) is 0 Å². The summed E-state index contributed by atoms with van der Waals surface area (Å²) in [6.45, 7) is 7.24. The number of nitrogens with two attached hydrogens (primary N) is 1. The molecular weight excluding hydrogens is 274 g/mol. The number of ether oxygens (including phenoxy) is 1. The monoisotopic (exact) mass is 295 g/mol. The third-order valence-electron chi connectivity index (χ3n) is 3.26. The van der Waals surface area contributed by atoms with Crippen LogP contribution < -0.4 is 26.2 Å². The van der Waals surface area contributed by atoms with E-state index < -0.39 is 5.54 Å². The van der Waals surface area contributed by atoms with E-state index in [1.54, 1.807) is 0 Å². The molecule has 0 unspecified atom stereocenters. The molecule has 0 radical (unpaired) electrons. The second kappa shape index (κ2) is 6.08. The first kappa shape index (κ1) is 15.2. The summed E-state index contributed by atoms with van der Waals surface area (Å²) in [5.74, 6) is 5.87. The first-order valence-electron chi connectivity index (χ1n) is 6.90. The lowest BCUT2D eigenvalue weighted by molar-refractivity contribution is -0.126. The van der Waals surface area contributed by atoms with Crippen molar-refractivity contribution in [2.24, 2.45) is 5.84 Å². The summed E-state index contributed by atoms with van der Waals surface area (Å²) in [4.78, 5) is 26.4. The van der Waals surface area contributed by atoms with E-state index in [1.165, 1.54) is 0 Å². The maximum absolute atomic E-state index is 12.0. The number of hydrogen-bond acceptors (Lipinski definition) is 8. The lowest BCUT2D eigenvalue weighted by Gasteiger charge is -2.41. The summed E-state index contributed by atoms with van der Waals surface area (Å²) < 4.78 is 5.44. The van der Waals surface area contributed by atoms with Crippen molar-refractivity contribution in [2.75, 3.05) is 30.0 Å². The van der Waals surface area contributed by atoms with Gasteiger partial charge in [-0.2, -0.15) is 15.0 Å². The standard InChI is InChI=1S/C12H21N7O2/c1-4-7-21-11-16-9(18-13)15-10(17-11)19-6-5-14-8(20)12(19,2)3/h4-7,13H2,1-3H3,(H,14,20)(H,15,16,17,18). The molecule has 2 heterocycles. The van der Waals surface area contributed by atoms with E-state index in [2.05, 4.69) is 25.7 Å². The van der Waals surface area contributed by atoms with Crippen LogP contribution in [0.4, 0.5) is 11.9 Å². The van der Waals surface area contributed by atoms with Gasteiger partial charge >= 0.3 is 6.01 Å². The van der Waals surface area contributed by atoms with E-state index in [1.807, 2.05) is 25.7 Å². The zero-order valence-corrected chi connectivity index (χ0v) is 12.5. The molecule has 9 nitrogen and oxygen atoms in total. The Morgan fingerprint density at radius 1 is 1.43 bits per heavy atom. The van der Waals surface area contributed by atoms with Crippen LogP contribution in [0.1, 0.15) is 27.2 Å². The minimum Gasteiger partial charge on any atom is -0.463 e. The Bertz CT molecular complexity index is 520. The highest BCUT2D eigenvalue weighted by atomic mass is 16.5. The Balaban J connectivity index is 2.35. The SMILES string of the molecule is CCCOc1nc(NN)nc(N2CCNC(=O)C2(C)C)n1. The van der Waals surface area contributed by atoms with E-state index in [-0.39, 0.29) is 17.9 Å². The molecule has 2 rings (SSSR count). The van der Waals surface area contributed by atoms with Gasteiger partial charge in [0.15, 0.2) is 0 Å². The molecule has 1 aromatic heterocycles. The number of nitrogens with one attached hydrogen (secondary N) is 2. The highest BCUT2D eigenvalue weighted by Gasteiger charge is 2.39. The molecule has 0 aromatic carbocycles. The fourth-order valence-corrected chi connectivity index (χ4v) is 2.04. The molecule has 9 heteroatoms. The van der Waals surface area contributed by atoms with Gasteiger partial charge in [-0.05, 0) is 20.3 Å². The molecule has 116 valence electrons. The number of carbonyl (C=O) groups excluding carboxylic acids is 1. The topological polar surface area (TPSA) is 118 Å². The molecule has 4 N–H and O–H groups in total. The summed E-state index contributed by atoms with van der Waals surface area (Å²) in [6.07, 6.45) is 0.837. The number of nitrogen functional groups attached to an aromatic ring is 1. The van der Waals surface area contributed by atoms with Crippen molar-refractivity contribution in [3.63, 3.8) is 0 Å². The largest absolute Gasteiger partial charge is 0.463 e. The van der Waals surface area contributed by atoms with Crippen LogP contribution in [0.25, 0.3) is 0 Å². The third kappa shape index (κ3) is 3.13. The average molecular weight is 295 g/mol. The number of aromatic nitrogens is 3. The second-order valence-corrected chi connectivity index (χ2v) is 5.20. The first-order valence-corrected chi connectivity index (χ1v) is 6.90. The number of anilines is 2. The van der Waals surface area contributed by atoms with Gasteiger partial charge in [-0.1, -0.05) is 6.92 Å². The van der Waals surface area contributed by atoms with Gasteiger partial charge in [0.2, 0.25) is 17.8 Å². The Morgan fingerprint density at radius 3 is 2.86 bits per heavy atom. The van der Waals surface area contributed by atoms with Crippen molar-refractivity contribution in [1.82, 2.24) is 20.3 Å². The molecule has 0 spiro atoms. The molecule has 0 bridgehead atoms. The van der Waals surface area contributed by atoms with Crippen molar-refractivity contribution in [1.29, 1.82) is 0 Å². The van der Waals surface area contributed by atoms with Crippen molar-refractivity contribution >= 4 is 17.8 Å². The van der Waals surface area contributed by atoms with Crippen LogP contribution in [0, 0.1) is 0 Å². The predicted molar refractivity (Wildman–Crippen MR) is 77.9 cm³/mol. The Morgan fingerprint density at radius 2 is 2.19 bits per heavy atom. The fraction of sp³-hybridized carbons (Fsp3) is 0.667. The van der Waals surface area contributed by atoms with E-state index >= 15 is 0 Å². The van der Waals surface area contributed by atoms with Crippen LogP contribution in [0.2, 0.25) is 0 Å². The lowest BCUT2D eigenvalue weighted by Crippen LogP contribution is -2.62. The van der Waals surface area contributed by atoms with Crippen LogP contribution in [0.15, 0.2) is 0 Å². The van der Waals surface area contributed by atoms with Gasteiger partial charge in [0, 0.05) is 13.1 Å². The summed E-state index contributed by atoms with van der Waals surface area (Å²) in [5.41, 5.74) is 1.64. The van der Waals surface area contributed by atoms with E-state index in [4.69, 9.17) is 10.6 Å². The van der Waals surface area contributed by atoms with Gasteiger partial charge in [-0.15, -0.1) is 0 Å². The van der Waals surface area contributed by atoms with Crippen molar-refractivity contribution in [3.05, 3.63) is 0 Å². The normalized spacial score (nSPS) is 17.3. The zero-order valence-electron chi connectivity index (χ0n) is 12.5. The Labute approximate surface area is 123 Å². The van der Waals surface area contributed by atoms with Crippen molar-refractivity contribution < 1.29 is 9.53 Å². The predicted octanol–water partition coefficient (Wildman–Crippen LogP) is -0.339. The molecule has 0 atom stereocenters. The van der Waals surface area contributed by atoms with Gasteiger partial charge < -0.3 is 15.0 Å². The lowest BCUT2D eigenvalue weighted by atomic mass is 10.00. The highest BCUT2D eigenvalue weighted by Crippen LogP contribution is 2.24. The van der Waals surface area contributed by atoms with Crippen LogP contribution >= 0.6 is 0 Å². The van der Waals surface area contributed by atoms with Crippen LogP contribution in [0.5, 0.6) is 6.01 Å². The van der Waals surface area contributed by atoms with Crippen molar-refractivity contribution in [2.45, 2.75) is 32.7 Å². The molecule has 21 heavy (non-hydrogen) atoms. The van der Waals surface area contributed by atoms with Gasteiger partial charge in [0.1, 0.15) is 5.54 Å². The Hall–Kier alpha value is -2.16. The molecular formula is C12H21N7O2. The molecule has 1 fully saturated rings. The second-order valence-electron chi connectivity index (χ2n) is 5.20. The third-order valence-corrected chi connectivity index (χ3v) is 3.26. The fourth-order valence-electron chi connectivity index (χ4n) is 2.04. The molecule has 1 aliphatic rings. The number of amides is 1. The van der Waals surface area contributed by atoms with Crippen LogP contribution in [-0.2, 0) is 4.79 Å². The van der Waals surface area contributed by atoms with Gasteiger partial charge in [0.25, 0.3) is 0 Å². The number of hydrogen-bond donors (Lipinski definition) is 3. The smallest absolute Gasteiger partial charge is 0.323 e. The van der Waals surface area contributed by atoms with Gasteiger partial charge in [-0.3, -0.25) is 10.2 Å². The minimum atomic E-state index is -0.756. The van der Waals surface area contributed by atoms with Gasteiger partial charge in [-0.25, -0.2) is 5.84 Å². The molecule has 1 aliphatic heterocycles. The maximum Gasteiger partial charge on any atom is 0.323 e. The van der Waals surface area contributed by atoms with E-state index in [0.717, 1.165) is 6.42 Å². The number of piperazine rings is 1. The minimum absolute atomic E-state index is 0.0764. The average Bonchev–Trinajstić information content (AvgIpc) is 2.47. The molecule has 0 aliphatic carbocycles. The molecule has 0 saturated carbocycles. The van der Waals surface area contributed by atoms with E-state index in [0.29, 0.717) is 25.6 Å². The summed E-state index contributed by atoms with van der Waals surface area (Å²) in [7, 11) is 0. The summed E-state index contributed by atoms with van der Waals surface area (Å²) in [5, 5.41) is 2.83. The zero-order chi connectivity index (χ0) is 15.5. The molecule has 1 amide bonds. The quantitative estimate of drug-likeness (QED) is 0.499. The number of nitrogens with zero attached hydrogens (tertiary/aromatic N) is 4. The summed E-state index contributed by atoms with van der Waals surface area (Å²) in [6, 6.07) is 0.191. The van der Waals surface area contributed by atoms with E-state index in [9.17, 15) is 4.79 Å². The van der Waals surface area contributed by atoms with Gasteiger partial charge in [0.05, 0.1) is 6.61 Å². The molecule has 1 aromatic rings. The van der Waals surface area contributed by atoms with Crippen LogP contribution in [-0.4, -0.2) is 46.1 Å². The first-order chi connectivity index (χ1) is 9.98. The Kier molecular flexibility index (Phi) is 4.41. The maximum atomic E-state index is 12.0. The number of hydrazine groups is 1. The highest BCUT2D eigenvalue weighted by molar-refractivity contribution is 5.89. The summed E-state index contributed by atoms with van der Waals surface area (Å²) >= 11 is 0. The number of carbonyl (C=O) groups is 1. The number of rotatable bonds is 5.